The summed E-state index contributed by atoms with van der Waals surface area (Å²) in [5, 5.41) is 41.8. The normalized spacial score (nSPS) is 22.8. The quantitative estimate of drug-likeness (QED) is 0.0260. The molecule has 0 spiro atoms. The number of carbonyl (C=O) groups excluding carboxylic acids is 5. The lowest BCUT2D eigenvalue weighted by Gasteiger charge is -2.28. The Kier molecular flexibility index (Phi) is 27.2. The highest BCUT2D eigenvalue weighted by Crippen LogP contribution is 2.46. The molecular weight excluding hydrogens is 1550 g/mol. The number of carbonyl (C=O) groups is 5. The van der Waals surface area contributed by atoms with Crippen molar-refractivity contribution in [1.29, 1.82) is 0 Å². The predicted octanol–water partition coefficient (Wildman–Crippen LogP) is 7.49. The lowest BCUT2D eigenvalue weighted by atomic mass is 9.87. The van der Waals surface area contributed by atoms with Gasteiger partial charge in [0.15, 0.2) is 64.7 Å². The minimum Gasteiger partial charge on any atom is -0.387 e. The van der Waals surface area contributed by atoms with E-state index in [1.54, 1.807) is 22.1 Å². The molecule has 8 amide bonds. The van der Waals surface area contributed by atoms with Gasteiger partial charge in [0.25, 0.3) is 0 Å². The third kappa shape index (κ3) is 21.4. The Balaban J connectivity index is 0.000000165. The summed E-state index contributed by atoms with van der Waals surface area (Å²) in [6, 6.07) is 22.6. The summed E-state index contributed by atoms with van der Waals surface area (Å²) in [4.78, 5) is 103. The number of nitrogens with zero attached hydrogens (tertiary/aromatic N) is 14. The number of aliphatic hydroxyl groups excluding tert-OH is 2. The molecule has 0 aliphatic carbocycles. The summed E-state index contributed by atoms with van der Waals surface area (Å²) in [6.45, 7) is 33.3. The second kappa shape index (κ2) is 37.0. The third-order valence-corrected chi connectivity index (χ3v) is 21.2. The zero-order valence-corrected chi connectivity index (χ0v) is 70.6. The molecule has 5 fully saturated rings. The lowest BCUT2D eigenvalue weighted by Crippen LogP contribution is -2.43. The number of ether oxygens (including phenoxy) is 7. The Hall–Kier alpha value is -10.9. The monoisotopic (exact) mass is 1660 g/mol. The average Bonchev–Trinajstić information content (AvgIpc) is 1.59. The number of nitrogen functional groups attached to an aromatic ring is 3. The van der Waals surface area contributed by atoms with E-state index in [4.69, 9.17) is 50.4 Å². The molecule has 3 aromatic carbocycles. The summed E-state index contributed by atoms with van der Waals surface area (Å²) >= 11 is 0. The van der Waals surface area contributed by atoms with Gasteiger partial charge in [-0.15, -0.1) is 0 Å². The summed E-state index contributed by atoms with van der Waals surface area (Å²) in [7, 11) is 0. The Morgan fingerprint density at radius 1 is 0.425 bits per heavy atom. The van der Waals surface area contributed by atoms with Crippen LogP contribution in [0.3, 0.4) is 0 Å². The Labute approximate surface area is 695 Å². The number of urea groups is 3. The summed E-state index contributed by atoms with van der Waals surface area (Å²) in [5.74, 6) is -1.11. The number of nitrogens with one attached hydrogen (secondary N) is 7. The van der Waals surface area contributed by atoms with E-state index in [1.807, 2.05) is 105 Å². The van der Waals surface area contributed by atoms with Crippen LogP contribution in [0, 0.1) is 0 Å². The van der Waals surface area contributed by atoms with Crippen LogP contribution in [-0.2, 0) is 59.0 Å². The molecule has 15 N–H and O–H groups in total. The molecule has 646 valence electrons. The molecule has 14 rings (SSSR count). The molecule has 12 atom stereocenters. The van der Waals surface area contributed by atoms with Crippen molar-refractivity contribution in [2.45, 2.75) is 225 Å². The summed E-state index contributed by atoms with van der Waals surface area (Å²) in [6.07, 6.45) is 2.97. The maximum Gasteiger partial charge on any atom is 0.319 e. The Morgan fingerprint density at radius 3 is 1.12 bits per heavy atom. The van der Waals surface area contributed by atoms with Crippen molar-refractivity contribution in [3.05, 3.63) is 127 Å². The predicted molar refractivity (Wildman–Crippen MR) is 448 cm³/mol. The lowest BCUT2D eigenvalue weighted by molar-refractivity contribution is -0.198. The first kappa shape index (κ1) is 88.3. The van der Waals surface area contributed by atoms with E-state index in [0.29, 0.717) is 110 Å². The number of anilines is 6. The third-order valence-electron chi connectivity index (χ3n) is 21.2. The van der Waals surface area contributed by atoms with Gasteiger partial charge < -0.3 is 108 Å². The smallest absolute Gasteiger partial charge is 0.319 e. The average molecular weight is 1660 g/mol. The first-order chi connectivity index (χ1) is 56.8. The van der Waals surface area contributed by atoms with Gasteiger partial charge in [-0.05, 0) is 123 Å². The van der Waals surface area contributed by atoms with E-state index >= 15 is 0 Å². The number of hydrogen-bond donors (Lipinski definition) is 12. The van der Waals surface area contributed by atoms with Crippen LogP contribution < -0.4 is 54.4 Å². The number of rotatable bonds is 24. The number of aliphatic hydroxyl groups is 2. The number of amides is 8. The van der Waals surface area contributed by atoms with Crippen LogP contribution >= 0.6 is 0 Å². The molecule has 0 unspecified atom stereocenters. The van der Waals surface area contributed by atoms with Gasteiger partial charge in [0, 0.05) is 83.3 Å². The van der Waals surface area contributed by atoms with Crippen LogP contribution in [0.2, 0.25) is 0 Å². The Morgan fingerprint density at radius 2 is 0.750 bits per heavy atom. The summed E-state index contributed by atoms with van der Waals surface area (Å²) in [5.41, 5.74) is 26.5. The van der Waals surface area contributed by atoms with E-state index in [-0.39, 0.29) is 82.6 Å². The topological polar surface area (TPSA) is 490 Å². The van der Waals surface area contributed by atoms with Gasteiger partial charge in [-0.1, -0.05) is 98.7 Å². The van der Waals surface area contributed by atoms with E-state index in [0.717, 1.165) is 17.8 Å². The van der Waals surface area contributed by atoms with Crippen LogP contribution in [0.25, 0.3) is 33.5 Å². The van der Waals surface area contributed by atoms with Gasteiger partial charge >= 0.3 is 18.1 Å². The van der Waals surface area contributed by atoms with Crippen molar-refractivity contribution in [1.82, 2.24) is 89.6 Å². The summed E-state index contributed by atoms with van der Waals surface area (Å²) < 4.78 is 48.7. The zero-order valence-electron chi connectivity index (χ0n) is 70.6. The molecule has 0 bridgehead atoms. The van der Waals surface area contributed by atoms with Gasteiger partial charge in [-0.3, -0.25) is 23.3 Å². The van der Waals surface area contributed by atoms with Crippen molar-refractivity contribution in [2.24, 2.45) is 0 Å². The molecule has 6 aromatic heterocycles. The van der Waals surface area contributed by atoms with Crippen molar-refractivity contribution >= 4 is 97.9 Å². The highest BCUT2D eigenvalue weighted by Gasteiger charge is 2.58. The van der Waals surface area contributed by atoms with Crippen LogP contribution in [0.5, 0.6) is 0 Å². The minimum absolute atomic E-state index is 0.0271. The van der Waals surface area contributed by atoms with E-state index in [1.165, 1.54) is 65.3 Å². The number of aromatic nitrogens is 12. The van der Waals surface area contributed by atoms with Gasteiger partial charge in [-0.25, -0.2) is 59.2 Å². The SMILES string of the molecule is CC(=O)N(CCCNC(=O)Nc1ccc(C(C)(C)C)cc1)C[C@H]1O[C@@H](n2cnc3c(N)ncnc32)[C@@H]2OC(C)(C)O[C@@H]21.CC(=O)N(CCCNC(=O)Nc1ccc(C(C)(C)C)cc1)C[C@H]1O[C@@H](n2cnc3c(N)ncnc32)[C@H](O)[C@@H]1O.CC1(C)O[C@@H]2[C@H](O1)[C@@H](CNCCCNC(=O)Nc1ccc(C(C)(C)C)cc1)O[C@H]2n1cnc2c(N)ncnc21. The molecule has 9 aromatic rings. The number of nitrogens with two attached hydrogens (primary N) is 3. The molecule has 38 heteroatoms. The van der Waals surface area contributed by atoms with E-state index in [2.05, 4.69) is 144 Å². The van der Waals surface area contributed by atoms with Gasteiger partial charge in [0.1, 0.15) is 90.5 Å². The van der Waals surface area contributed by atoms with Crippen LogP contribution in [0.1, 0.15) is 158 Å². The fraction of sp³-hybridized carbons (Fsp3) is 0.537. The van der Waals surface area contributed by atoms with Crippen molar-refractivity contribution in [3.63, 3.8) is 0 Å². The number of imidazole rings is 3. The number of hydrogen-bond acceptors (Lipinski definition) is 27. The molecule has 38 nitrogen and oxygen atoms in total. The molecule has 120 heavy (non-hydrogen) atoms. The second-order valence-electron chi connectivity index (χ2n) is 34.4. The van der Waals surface area contributed by atoms with Gasteiger partial charge in [-0.2, -0.15) is 0 Å². The molecule has 11 heterocycles. The van der Waals surface area contributed by atoms with E-state index in [9.17, 15) is 34.2 Å². The molecule has 5 aliphatic heterocycles. The van der Waals surface area contributed by atoms with Crippen LogP contribution in [0.4, 0.5) is 48.9 Å². The van der Waals surface area contributed by atoms with Gasteiger partial charge in [0.05, 0.1) is 19.0 Å². The van der Waals surface area contributed by atoms with Crippen molar-refractivity contribution < 1.29 is 67.3 Å². The van der Waals surface area contributed by atoms with Gasteiger partial charge in [0.2, 0.25) is 11.8 Å². The first-order valence-electron chi connectivity index (χ1n) is 40.3. The number of benzene rings is 3. The first-order valence-corrected chi connectivity index (χ1v) is 40.3. The van der Waals surface area contributed by atoms with E-state index < -0.39 is 66.9 Å². The maximum atomic E-state index is 12.6. The number of fused-ring (bicyclic) bond motifs is 5. The highest BCUT2D eigenvalue weighted by molar-refractivity contribution is 5.91. The zero-order chi connectivity index (χ0) is 86.3. The molecule has 0 radical (unpaired) electrons. The largest absolute Gasteiger partial charge is 0.387 e. The maximum absolute atomic E-state index is 12.6. The fourth-order valence-corrected chi connectivity index (χ4v) is 14.8. The standard InChI is InChI=1S/C29H40N8O5.C27H38N8O4.C26H36N8O5/c1-17(38)36(13-7-12-31-27(39)35-19-10-8-18(9-11-19)28(2,3)4)14-20-22-23(42-29(5,6)41-22)26(40-20)37-16-34-21-24(30)32-15-33-25(21)37;1-26(2,3)16-7-9-17(10-8-16)34-25(36)30-12-6-11-29-13-18-20-21(39-27(4,5)38-20)24(37-18)35-15-33-19-22(28)31-14-32-23(19)35;1-15(35)33(11-5-10-28-25(38)32-17-8-6-16(7-9-17)26(2,3)4)12-18-20(36)21(37)24(39-18)34-14-31-19-22(27)29-13-30-23(19)34/h8-11,15-16,20,22-23,26H,7,12-14H2,1-6H3,(H2,30,32,33)(H2,31,35,39);7-10,14-15,18,20-21,24,29H,6,11-13H2,1-5H3,(H2,28,31,32)(H2,30,34,36);6-9,13-14,18,20-21,24,36-37H,5,10-12H2,1-4H3,(H2,27,29,30)(H2,28,32,38)/t20-,22-,23-,26-;2*18-,20-,21-,24-/m111/s1. The second-order valence-corrected chi connectivity index (χ2v) is 34.4. The van der Waals surface area contributed by atoms with Crippen molar-refractivity contribution in [2.75, 3.05) is 92.1 Å². The molecule has 0 saturated carbocycles. The molecular formula is C82H114N24O14. The Bertz CT molecular complexity index is 5030. The van der Waals surface area contributed by atoms with Crippen LogP contribution in [-0.4, -0.2) is 234 Å². The molecule has 5 saturated heterocycles. The van der Waals surface area contributed by atoms with Crippen molar-refractivity contribution in [3.8, 4) is 0 Å². The highest BCUT2D eigenvalue weighted by atomic mass is 16.8. The molecule has 5 aliphatic rings. The fourth-order valence-electron chi connectivity index (χ4n) is 14.8. The van der Waals surface area contributed by atoms with Crippen LogP contribution in [0.15, 0.2) is 111 Å². The minimum atomic E-state index is -1.28.